The Morgan fingerprint density at radius 2 is 1.89 bits per heavy atom. The van der Waals surface area contributed by atoms with Crippen LogP contribution in [0, 0.1) is 5.92 Å². The Bertz CT molecular complexity index is 980. The van der Waals surface area contributed by atoms with E-state index in [2.05, 4.69) is 0 Å². The maximum atomic E-state index is 13.5. The summed E-state index contributed by atoms with van der Waals surface area (Å²) >= 11 is 0. The normalized spacial score (nSPS) is 27.1. The molecule has 36 heavy (non-hydrogen) atoms. The topological polar surface area (TPSA) is 101 Å². The molecule has 2 aliphatic heterocycles. The molecule has 0 radical (unpaired) electrons. The second kappa shape index (κ2) is 12.6. The summed E-state index contributed by atoms with van der Waals surface area (Å²) in [6.07, 6.45) is 7.77. The predicted octanol–water partition coefficient (Wildman–Crippen LogP) is 4.23. The van der Waals surface area contributed by atoms with Crippen LogP contribution in [0.2, 0.25) is 0 Å². The number of ketones is 1. The number of esters is 1. The van der Waals surface area contributed by atoms with Gasteiger partial charge < -0.3 is 28.8 Å². The molecule has 0 bridgehead atoms. The van der Waals surface area contributed by atoms with Gasteiger partial charge in [0.25, 0.3) is 0 Å². The van der Waals surface area contributed by atoms with Crippen molar-refractivity contribution in [3.63, 3.8) is 0 Å². The SMILES string of the molecule is COCOc1ccc(CCCCO)c2c1C(=O)O[C@@H](C)[C@H](C)/C=C\C(=O)[C@H]1OC(C)(C)O[C@H]1CC=C2. The summed E-state index contributed by atoms with van der Waals surface area (Å²) < 4.78 is 28.6. The van der Waals surface area contributed by atoms with E-state index in [1.807, 2.05) is 25.1 Å². The minimum absolute atomic E-state index is 0.0197. The maximum Gasteiger partial charge on any atom is 0.342 e. The highest BCUT2D eigenvalue weighted by molar-refractivity contribution is 5.97. The van der Waals surface area contributed by atoms with Crippen LogP contribution in [0.25, 0.3) is 6.08 Å². The molecule has 0 spiro atoms. The third-order valence-electron chi connectivity index (χ3n) is 6.40. The molecule has 0 aromatic heterocycles. The van der Waals surface area contributed by atoms with Crippen molar-refractivity contribution in [1.82, 2.24) is 0 Å². The Morgan fingerprint density at radius 1 is 1.11 bits per heavy atom. The largest absolute Gasteiger partial charge is 0.467 e. The number of aliphatic hydroxyl groups excluding tert-OH is 1. The fraction of sp³-hybridized carbons (Fsp3) is 0.571. The van der Waals surface area contributed by atoms with Gasteiger partial charge in [-0.15, -0.1) is 0 Å². The zero-order valence-corrected chi connectivity index (χ0v) is 21.8. The Kier molecular flexibility index (Phi) is 9.84. The number of methoxy groups -OCH3 is 1. The van der Waals surface area contributed by atoms with Gasteiger partial charge in [0.05, 0.1) is 6.10 Å². The van der Waals surface area contributed by atoms with Crippen LogP contribution in [0.5, 0.6) is 5.75 Å². The lowest BCUT2D eigenvalue weighted by atomic mass is 9.94. The Labute approximate surface area is 213 Å². The number of fused-ring (bicyclic) bond motifs is 2. The van der Waals surface area contributed by atoms with Gasteiger partial charge in [-0.2, -0.15) is 0 Å². The van der Waals surface area contributed by atoms with E-state index in [1.165, 1.54) is 13.2 Å². The zero-order chi connectivity index (χ0) is 26.3. The number of benzene rings is 1. The number of hydrogen-bond donors (Lipinski definition) is 1. The van der Waals surface area contributed by atoms with E-state index in [9.17, 15) is 14.7 Å². The second-order valence-electron chi connectivity index (χ2n) is 9.71. The molecule has 0 unspecified atom stereocenters. The van der Waals surface area contributed by atoms with E-state index in [1.54, 1.807) is 32.9 Å². The van der Waals surface area contributed by atoms with Gasteiger partial charge in [0.1, 0.15) is 23.5 Å². The predicted molar refractivity (Wildman–Crippen MR) is 135 cm³/mol. The van der Waals surface area contributed by atoms with Crippen LogP contribution < -0.4 is 4.74 Å². The number of hydrogen-bond acceptors (Lipinski definition) is 8. The molecule has 1 fully saturated rings. The summed E-state index contributed by atoms with van der Waals surface area (Å²) in [5.41, 5.74) is 1.93. The van der Waals surface area contributed by atoms with Gasteiger partial charge in [-0.1, -0.05) is 31.2 Å². The van der Waals surface area contributed by atoms with E-state index in [0.29, 0.717) is 36.1 Å². The highest BCUT2D eigenvalue weighted by Gasteiger charge is 2.43. The molecule has 0 amide bonds. The average Bonchev–Trinajstić information content (AvgIpc) is 3.15. The van der Waals surface area contributed by atoms with Gasteiger partial charge >= 0.3 is 5.97 Å². The first-order chi connectivity index (χ1) is 17.2. The molecule has 0 aliphatic carbocycles. The van der Waals surface area contributed by atoms with Crippen molar-refractivity contribution < 1.29 is 38.4 Å². The molecule has 1 aromatic carbocycles. The highest BCUT2D eigenvalue weighted by Crippen LogP contribution is 2.33. The molecule has 4 atom stereocenters. The molecule has 3 rings (SSSR count). The smallest absolute Gasteiger partial charge is 0.342 e. The summed E-state index contributed by atoms with van der Waals surface area (Å²) in [5, 5.41) is 9.25. The van der Waals surface area contributed by atoms with Crippen LogP contribution in [0.3, 0.4) is 0 Å². The van der Waals surface area contributed by atoms with Crippen LogP contribution in [-0.4, -0.2) is 61.5 Å². The Balaban J connectivity index is 2.09. The quantitative estimate of drug-likeness (QED) is 0.336. The van der Waals surface area contributed by atoms with Gasteiger partial charge in [-0.3, -0.25) is 4.79 Å². The Hall–Kier alpha value is -2.52. The maximum absolute atomic E-state index is 13.5. The molecule has 1 aromatic rings. The summed E-state index contributed by atoms with van der Waals surface area (Å²) in [6.45, 7) is 7.34. The highest BCUT2D eigenvalue weighted by atomic mass is 16.8. The van der Waals surface area contributed by atoms with Gasteiger partial charge in [0, 0.05) is 19.6 Å². The van der Waals surface area contributed by atoms with Crippen molar-refractivity contribution >= 4 is 17.8 Å². The lowest BCUT2D eigenvalue weighted by Crippen LogP contribution is -2.30. The fourth-order valence-corrected chi connectivity index (χ4v) is 4.33. The van der Waals surface area contributed by atoms with E-state index in [4.69, 9.17) is 23.7 Å². The zero-order valence-electron chi connectivity index (χ0n) is 21.8. The van der Waals surface area contributed by atoms with Gasteiger partial charge in [0.15, 0.2) is 18.4 Å². The molecule has 2 heterocycles. The van der Waals surface area contributed by atoms with Gasteiger partial charge in [-0.05, 0) is 69.7 Å². The van der Waals surface area contributed by atoms with Crippen LogP contribution in [0.1, 0.15) is 68.4 Å². The van der Waals surface area contributed by atoms with Crippen molar-refractivity contribution in [2.24, 2.45) is 5.92 Å². The van der Waals surface area contributed by atoms with E-state index in [-0.39, 0.29) is 25.1 Å². The third kappa shape index (κ3) is 7.03. The summed E-state index contributed by atoms with van der Waals surface area (Å²) in [4.78, 5) is 26.4. The number of rotatable bonds is 7. The van der Waals surface area contributed by atoms with Crippen molar-refractivity contribution in [1.29, 1.82) is 0 Å². The molecule has 1 saturated heterocycles. The number of aryl methyl sites for hydroxylation is 1. The van der Waals surface area contributed by atoms with Crippen molar-refractivity contribution in [2.75, 3.05) is 20.5 Å². The first-order valence-electron chi connectivity index (χ1n) is 12.5. The lowest BCUT2D eigenvalue weighted by molar-refractivity contribution is -0.152. The van der Waals surface area contributed by atoms with Gasteiger partial charge in [0.2, 0.25) is 0 Å². The minimum atomic E-state index is -0.882. The average molecular weight is 503 g/mol. The molecular formula is C28H38O8. The number of unbranched alkanes of at least 4 members (excludes halogenated alkanes) is 1. The van der Waals surface area contributed by atoms with Gasteiger partial charge in [-0.25, -0.2) is 4.79 Å². The van der Waals surface area contributed by atoms with E-state index in [0.717, 1.165) is 12.0 Å². The van der Waals surface area contributed by atoms with Crippen LogP contribution in [-0.2, 0) is 30.2 Å². The summed E-state index contributed by atoms with van der Waals surface area (Å²) in [5.74, 6) is -1.43. The second-order valence-corrected chi connectivity index (χ2v) is 9.71. The van der Waals surface area contributed by atoms with E-state index < -0.39 is 30.1 Å². The molecule has 8 heteroatoms. The minimum Gasteiger partial charge on any atom is -0.467 e. The molecular weight excluding hydrogens is 464 g/mol. The van der Waals surface area contributed by atoms with Crippen LogP contribution >= 0.6 is 0 Å². The third-order valence-corrected chi connectivity index (χ3v) is 6.40. The fourth-order valence-electron chi connectivity index (χ4n) is 4.33. The first-order valence-corrected chi connectivity index (χ1v) is 12.5. The lowest BCUT2D eigenvalue weighted by Gasteiger charge is -2.22. The van der Waals surface area contributed by atoms with Crippen LogP contribution in [0.4, 0.5) is 0 Å². The van der Waals surface area contributed by atoms with Crippen molar-refractivity contribution in [3.8, 4) is 5.75 Å². The number of ether oxygens (including phenoxy) is 5. The summed E-state index contributed by atoms with van der Waals surface area (Å²) in [6, 6.07) is 3.67. The number of aliphatic hydroxyl groups is 1. The molecule has 1 N–H and O–H groups in total. The van der Waals surface area contributed by atoms with E-state index >= 15 is 0 Å². The number of carbonyl (C=O) groups excluding carboxylic acids is 2. The molecule has 198 valence electrons. The first kappa shape index (κ1) is 28.1. The van der Waals surface area contributed by atoms with Crippen LogP contribution in [0.15, 0.2) is 30.4 Å². The molecule has 0 saturated carbocycles. The standard InChI is InChI=1S/C28H38O8/c1-18-12-14-22(30)26-24(35-28(3,4)36-26)11-8-10-21-20(9-6-7-16-29)13-15-23(33-17-32-5)25(21)27(31)34-19(18)2/h8,10,12-15,18-19,24,26,29H,6-7,9,11,16-17H2,1-5H3/b10-8?,14-12-/t18-,19+,24+,26-/m1/s1. The monoisotopic (exact) mass is 502 g/mol. The summed E-state index contributed by atoms with van der Waals surface area (Å²) in [7, 11) is 1.51. The van der Waals surface area contributed by atoms with Crippen molar-refractivity contribution in [3.05, 3.63) is 47.1 Å². The number of cyclic esters (lactones) is 1. The number of carbonyl (C=O) groups is 2. The molecule has 2 aliphatic rings. The van der Waals surface area contributed by atoms with Crippen molar-refractivity contribution in [2.45, 2.75) is 77.5 Å². The molecule has 8 nitrogen and oxygen atoms in total. The Morgan fingerprint density at radius 3 is 2.61 bits per heavy atom.